The highest BCUT2D eigenvalue weighted by atomic mass is 15.3. The summed E-state index contributed by atoms with van der Waals surface area (Å²) in [5, 5.41) is 4.83. The van der Waals surface area contributed by atoms with Crippen molar-refractivity contribution in [3.8, 4) is 0 Å². The quantitative estimate of drug-likeness (QED) is 0.652. The number of hydrogen-bond donors (Lipinski definition) is 1. The van der Waals surface area contributed by atoms with Crippen LogP contribution in [-0.2, 0) is 6.54 Å². The van der Waals surface area contributed by atoms with Crippen LogP contribution in [0.2, 0.25) is 0 Å². The first-order chi connectivity index (χ1) is 5.83. The Bertz CT molecular complexity index is 405. The fraction of sp³-hybridized carbons (Fsp3) is 0.143. The number of aromatic nitrogens is 4. The van der Waals surface area contributed by atoms with E-state index in [2.05, 4.69) is 22.0 Å². The van der Waals surface area contributed by atoms with Gasteiger partial charge in [0.15, 0.2) is 5.65 Å². The first kappa shape index (κ1) is 7.02. The predicted molar refractivity (Wildman–Crippen MR) is 45.1 cm³/mol. The summed E-state index contributed by atoms with van der Waals surface area (Å²) in [6.45, 7) is 4.25. The van der Waals surface area contributed by atoms with Gasteiger partial charge >= 0.3 is 0 Å². The third-order valence-electron chi connectivity index (χ3n) is 1.68. The van der Waals surface area contributed by atoms with E-state index in [0.29, 0.717) is 12.4 Å². The van der Waals surface area contributed by atoms with Crippen LogP contribution in [0.25, 0.3) is 11.0 Å². The maximum absolute atomic E-state index is 5.60. The van der Waals surface area contributed by atoms with E-state index in [-0.39, 0.29) is 0 Å². The van der Waals surface area contributed by atoms with E-state index in [1.54, 1.807) is 10.9 Å². The number of nitrogens with zero attached hydrogens (tertiary/aromatic N) is 4. The highest BCUT2D eigenvalue weighted by molar-refractivity contribution is 5.84. The van der Waals surface area contributed by atoms with Gasteiger partial charge in [-0.2, -0.15) is 5.10 Å². The summed E-state index contributed by atoms with van der Waals surface area (Å²) in [6.07, 6.45) is 3.07. The van der Waals surface area contributed by atoms with E-state index in [9.17, 15) is 0 Å². The van der Waals surface area contributed by atoms with Crippen molar-refractivity contribution < 1.29 is 0 Å². The molecule has 0 unspecified atom stereocenters. The molecule has 0 saturated heterocycles. The second-order valence-corrected chi connectivity index (χ2v) is 2.36. The van der Waals surface area contributed by atoms with Gasteiger partial charge in [0.05, 0.1) is 11.6 Å². The highest BCUT2D eigenvalue weighted by Gasteiger charge is 2.04. The molecule has 0 aliphatic carbocycles. The standard InChI is InChI=1S/C7H8N5/c1-2-12-7-5(3-11-12)6(8)9-4-10-7/h3-4H,1-2H2,(H2,8,9,10). The molecule has 0 spiro atoms. The molecule has 0 saturated carbocycles. The van der Waals surface area contributed by atoms with Crippen LogP contribution < -0.4 is 5.73 Å². The molecule has 2 N–H and O–H groups in total. The molecular weight excluding hydrogens is 154 g/mol. The number of nitrogens with two attached hydrogens (primary N) is 1. The summed E-state index contributed by atoms with van der Waals surface area (Å²) >= 11 is 0. The molecule has 2 heterocycles. The van der Waals surface area contributed by atoms with Gasteiger partial charge in [0.2, 0.25) is 0 Å². The number of anilines is 1. The smallest absolute Gasteiger partial charge is 0.163 e. The third kappa shape index (κ3) is 0.827. The van der Waals surface area contributed by atoms with Crippen LogP contribution in [0.5, 0.6) is 0 Å². The van der Waals surface area contributed by atoms with E-state index < -0.39 is 0 Å². The zero-order valence-corrected chi connectivity index (χ0v) is 6.44. The summed E-state index contributed by atoms with van der Waals surface area (Å²) in [7, 11) is 0. The molecule has 0 aromatic carbocycles. The average Bonchev–Trinajstić information content (AvgIpc) is 2.49. The first-order valence-corrected chi connectivity index (χ1v) is 3.54. The Kier molecular flexibility index (Phi) is 1.43. The molecule has 0 amide bonds. The summed E-state index contributed by atoms with van der Waals surface area (Å²) in [5.41, 5.74) is 6.33. The van der Waals surface area contributed by atoms with Crippen LogP contribution in [0.4, 0.5) is 5.82 Å². The lowest BCUT2D eigenvalue weighted by Crippen LogP contribution is -1.98. The molecular formula is C7H8N5. The second kappa shape index (κ2) is 2.44. The van der Waals surface area contributed by atoms with Crippen molar-refractivity contribution in [1.82, 2.24) is 19.7 Å². The predicted octanol–water partition coefficient (Wildman–Crippen LogP) is 0.243. The number of rotatable bonds is 1. The largest absolute Gasteiger partial charge is 0.383 e. The molecule has 1 radical (unpaired) electrons. The molecule has 2 rings (SSSR count). The van der Waals surface area contributed by atoms with Gasteiger partial charge in [-0.25, -0.2) is 14.6 Å². The molecule has 61 valence electrons. The van der Waals surface area contributed by atoms with Gasteiger partial charge in [-0.1, -0.05) is 0 Å². The van der Waals surface area contributed by atoms with E-state index in [0.717, 1.165) is 11.0 Å². The van der Waals surface area contributed by atoms with Crippen molar-refractivity contribution in [1.29, 1.82) is 0 Å². The van der Waals surface area contributed by atoms with E-state index >= 15 is 0 Å². The monoisotopic (exact) mass is 162 g/mol. The molecule has 0 aliphatic heterocycles. The summed E-state index contributed by atoms with van der Waals surface area (Å²) in [6, 6.07) is 0. The minimum absolute atomic E-state index is 0.458. The Labute approximate surface area is 69.2 Å². The molecule has 2 aromatic heterocycles. The SMILES string of the molecule is [CH2]Cn1ncc2c(N)ncnc21. The Balaban J connectivity index is 2.80. The van der Waals surface area contributed by atoms with Gasteiger partial charge in [-0.05, 0) is 6.92 Å². The average molecular weight is 162 g/mol. The zero-order valence-electron chi connectivity index (χ0n) is 6.44. The van der Waals surface area contributed by atoms with Gasteiger partial charge in [0, 0.05) is 6.54 Å². The zero-order chi connectivity index (χ0) is 8.55. The van der Waals surface area contributed by atoms with Gasteiger partial charge in [0.1, 0.15) is 12.1 Å². The molecule has 2 aromatic rings. The number of hydrogen-bond acceptors (Lipinski definition) is 4. The third-order valence-corrected chi connectivity index (χ3v) is 1.68. The minimum Gasteiger partial charge on any atom is -0.383 e. The topological polar surface area (TPSA) is 69.6 Å². The fourth-order valence-electron chi connectivity index (χ4n) is 1.07. The van der Waals surface area contributed by atoms with Crippen molar-refractivity contribution in [2.75, 3.05) is 5.73 Å². The number of nitrogen functional groups attached to an aromatic ring is 1. The maximum atomic E-state index is 5.60. The lowest BCUT2D eigenvalue weighted by atomic mass is 10.4. The lowest BCUT2D eigenvalue weighted by Gasteiger charge is -1.96. The van der Waals surface area contributed by atoms with Gasteiger partial charge in [-0.15, -0.1) is 0 Å². The molecule has 12 heavy (non-hydrogen) atoms. The van der Waals surface area contributed by atoms with E-state index in [4.69, 9.17) is 5.73 Å². The normalized spacial score (nSPS) is 10.8. The van der Waals surface area contributed by atoms with Crippen molar-refractivity contribution in [2.45, 2.75) is 6.54 Å². The maximum Gasteiger partial charge on any atom is 0.163 e. The Morgan fingerprint density at radius 1 is 1.50 bits per heavy atom. The van der Waals surface area contributed by atoms with Crippen molar-refractivity contribution in [2.24, 2.45) is 0 Å². The van der Waals surface area contributed by atoms with Crippen molar-refractivity contribution in [3.05, 3.63) is 19.4 Å². The molecule has 0 fully saturated rings. The molecule has 0 aliphatic rings. The molecule has 0 bridgehead atoms. The summed E-state index contributed by atoms with van der Waals surface area (Å²) in [5.74, 6) is 0.458. The van der Waals surface area contributed by atoms with E-state index in [1.807, 2.05) is 0 Å². The molecule has 0 atom stereocenters. The van der Waals surface area contributed by atoms with E-state index in [1.165, 1.54) is 6.33 Å². The van der Waals surface area contributed by atoms with Crippen LogP contribution >= 0.6 is 0 Å². The highest BCUT2D eigenvalue weighted by Crippen LogP contribution is 2.14. The fourth-order valence-corrected chi connectivity index (χ4v) is 1.07. The summed E-state index contributed by atoms with van der Waals surface area (Å²) < 4.78 is 1.67. The van der Waals surface area contributed by atoms with Gasteiger partial charge in [0.25, 0.3) is 0 Å². The first-order valence-electron chi connectivity index (χ1n) is 3.54. The number of fused-ring (bicyclic) bond motifs is 1. The summed E-state index contributed by atoms with van der Waals surface area (Å²) in [4.78, 5) is 7.89. The Morgan fingerprint density at radius 3 is 3.08 bits per heavy atom. The van der Waals surface area contributed by atoms with Crippen molar-refractivity contribution >= 4 is 16.9 Å². The van der Waals surface area contributed by atoms with Crippen LogP contribution in [0.15, 0.2) is 12.5 Å². The van der Waals surface area contributed by atoms with Crippen LogP contribution in [0.3, 0.4) is 0 Å². The second-order valence-electron chi connectivity index (χ2n) is 2.36. The lowest BCUT2D eigenvalue weighted by molar-refractivity contribution is 0.717. The van der Waals surface area contributed by atoms with Gasteiger partial charge in [-0.3, -0.25) is 0 Å². The Hall–Kier alpha value is -1.65. The van der Waals surface area contributed by atoms with Crippen LogP contribution in [0.1, 0.15) is 0 Å². The Morgan fingerprint density at radius 2 is 2.33 bits per heavy atom. The van der Waals surface area contributed by atoms with Crippen LogP contribution in [-0.4, -0.2) is 19.7 Å². The van der Waals surface area contributed by atoms with Crippen molar-refractivity contribution in [3.63, 3.8) is 0 Å². The molecule has 5 heteroatoms. The molecule has 5 nitrogen and oxygen atoms in total. The van der Waals surface area contributed by atoms with Gasteiger partial charge < -0.3 is 5.73 Å². The minimum atomic E-state index is 0.458. The van der Waals surface area contributed by atoms with Crippen LogP contribution in [0, 0.1) is 6.92 Å².